The van der Waals surface area contributed by atoms with Crippen molar-refractivity contribution in [2.24, 2.45) is 0 Å². The Hall–Kier alpha value is -0.750. The number of hydrogen-bond acceptors (Lipinski definition) is 2. The molecule has 4 heteroatoms. The largest absolute Gasteiger partial charge is 1.00 e. The van der Waals surface area contributed by atoms with Crippen LogP contribution in [0.5, 0.6) is 11.5 Å². The zero-order valence-electron chi connectivity index (χ0n) is 10.2. The Kier molecular flexibility index (Phi) is 6.49. The topological polar surface area (TPSA) is 18.5 Å². The zero-order valence-corrected chi connectivity index (χ0v) is 13.9. The van der Waals surface area contributed by atoms with Gasteiger partial charge in [-0.05, 0) is 48.5 Å². The van der Waals surface area contributed by atoms with Gasteiger partial charge in [0.05, 0.1) is 14.2 Å². The normalized spacial score (nSPS) is 9.44. The summed E-state index contributed by atoms with van der Waals surface area (Å²) in [6, 6.07) is 16.6. The maximum absolute atomic E-state index is 5.15. The third kappa shape index (κ3) is 4.17. The third-order valence-electron chi connectivity index (χ3n) is 2.32. The van der Waals surface area contributed by atoms with Crippen molar-refractivity contribution in [3.63, 3.8) is 0 Å². The molecule has 0 radical (unpaired) electrons. The third-order valence-corrected chi connectivity index (χ3v) is 5.00. The summed E-state index contributed by atoms with van der Waals surface area (Å²) in [5.74, 6) is 1.82. The van der Waals surface area contributed by atoms with E-state index in [-0.39, 0.29) is 38.2 Å². The van der Waals surface area contributed by atoms with Crippen LogP contribution in [0.25, 0.3) is 0 Å². The molecule has 2 aromatic carbocycles. The molecule has 2 nitrogen and oxygen atoms in total. The first-order chi connectivity index (χ1) is 8.31. The molecule has 0 N–H and O–H groups in total. The van der Waals surface area contributed by atoms with Crippen LogP contribution >= 0.6 is 0 Å². The van der Waals surface area contributed by atoms with Crippen molar-refractivity contribution in [2.45, 2.75) is 0 Å². The van der Waals surface area contributed by atoms with Crippen LogP contribution in [0.2, 0.25) is 0 Å². The first-order valence-electron chi connectivity index (χ1n) is 5.25. The highest BCUT2D eigenvalue weighted by Crippen LogP contribution is 2.07. The molecule has 0 unspecified atom stereocenters. The minimum atomic E-state index is -0.119. The quantitative estimate of drug-likeness (QED) is 0.486. The minimum absolute atomic E-state index is 0. The lowest BCUT2D eigenvalue weighted by Crippen LogP contribution is -3.61. The van der Waals surface area contributed by atoms with E-state index in [1.807, 2.05) is 24.3 Å². The van der Waals surface area contributed by atoms with Crippen LogP contribution in [0.15, 0.2) is 48.5 Å². The van der Waals surface area contributed by atoms with E-state index in [1.165, 1.54) is 7.14 Å². The lowest BCUT2D eigenvalue weighted by molar-refractivity contribution is -0.597. The van der Waals surface area contributed by atoms with Crippen molar-refractivity contribution < 1.29 is 47.7 Å². The van der Waals surface area contributed by atoms with Gasteiger partial charge < -0.3 is 26.5 Å². The monoisotopic (exact) mass is 420 g/mol. The predicted molar refractivity (Wildman–Crippen MR) is 63.4 cm³/mol. The average Bonchev–Trinajstić information content (AvgIpc) is 2.40. The van der Waals surface area contributed by atoms with Crippen molar-refractivity contribution >= 4 is 0 Å². The Balaban J connectivity index is 0.00000162. The summed E-state index contributed by atoms with van der Waals surface area (Å²) in [5.41, 5.74) is 0. The van der Waals surface area contributed by atoms with Crippen LogP contribution in [0.3, 0.4) is 0 Å². The highest BCUT2D eigenvalue weighted by molar-refractivity contribution is 5.22. The molecule has 0 aliphatic heterocycles. The highest BCUT2D eigenvalue weighted by atomic mass is 127. The van der Waals surface area contributed by atoms with Gasteiger partial charge in [0.2, 0.25) is 0 Å². The van der Waals surface area contributed by atoms with Crippen LogP contribution < -0.4 is 47.7 Å². The molecule has 2 rings (SSSR count). The second-order valence-electron chi connectivity index (χ2n) is 3.41. The number of halogens is 2. The summed E-state index contributed by atoms with van der Waals surface area (Å²) < 4.78 is 13.1. The fourth-order valence-electron chi connectivity index (χ4n) is 1.39. The molecule has 0 amide bonds. The SMILES string of the molecule is COc1ccc([I+]c2ccc(OC)cc2)cc1.[Br-]. The standard InChI is InChI=1S/C14H14IO2.BrH/c1-16-13-7-3-11(4-8-13)15-12-5-9-14(17-2)10-6-12;/h3-10H,1-2H3;1H/q+1;/p-1. The Labute approximate surface area is 128 Å². The molecule has 0 fully saturated rings. The second-order valence-corrected chi connectivity index (χ2v) is 6.44. The van der Waals surface area contributed by atoms with Crippen LogP contribution in [-0.2, 0) is 0 Å². The van der Waals surface area contributed by atoms with Gasteiger partial charge >= 0.3 is 21.2 Å². The number of benzene rings is 2. The van der Waals surface area contributed by atoms with Crippen molar-refractivity contribution in [3.05, 3.63) is 55.7 Å². The number of methoxy groups -OCH3 is 2. The van der Waals surface area contributed by atoms with Crippen molar-refractivity contribution in [1.29, 1.82) is 0 Å². The predicted octanol–water partition coefficient (Wildman–Crippen LogP) is -3.16. The van der Waals surface area contributed by atoms with E-state index < -0.39 is 0 Å². The smallest absolute Gasteiger partial charge is 0.357 e. The van der Waals surface area contributed by atoms with Crippen LogP contribution in [-0.4, -0.2) is 14.2 Å². The van der Waals surface area contributed by atoms with E-state index in [9.17, 15) is 0 Å². The Bertz CT molecular complexity index is 423. The van der Waals surface area contributed by atoms with E-state index >= 15 is 0 Å². The number of ether oxygens (including phenoxy) is 2. The van der Waals surface area contributed by atoms with Gasteiger partial charge in [0, 0.05) is 0 Å². The first kappa shape index (κ1) is 15.3. The molecule has 18 heavy (non-hydrogen) atoms. The second kappa shape index (κ2) is 7.63. The fourth-order valence-corrected chi connectivity index (χ4v) is 3.55. The van der Waals surface area contributed by atoms with Gasteiger partial charge in [-0.25, -0.2) is 0 Å². The molecular weight excluding hydrogens is 407 g/mol. The van der Waals surface area contributed by atoms with E-state index in [0.717, 1.165) is 11.5 Å². The molecule has 0 aliphatic carbocycles. The van der Waals surface area contributed by atoms with Gasteiger partial charge in [0.25, 0.3) is 0 Å². The number of rotatable bonds is 4. The average molecular weight is 421 g/mol. The van der Waals surface area contributed by atoms with E-state index in [0.29, 0.717) is 0 Å². The first-order valence-corrected chi connectivity index (χ1v) is 7.40. The van der Waals surface area contributed by atoms with E-state index in [4.69, 9.17) is 9.47 Å². The Morgan fingerprint density at radius 3 is 1.28 bits per heavy atom. The van der Waals surface area contributed by atoms with Crippen molar-refractivity contribution in [3.8, 4) is 11.5 Å². The Morgan fingerprint density at radius 1 is 0.667 bits per heavy atom. The highest BCUT2D eigenvalue weighted by Gasteiger charge is 2.15. The lowest BCUT2D eigenvalue weighted by Gasteiger charge is -1.97. The van der Waals surface area contributed by atoms with E-state index in [1.54, 1.807) is 14.2 Å². The molecule has 0 aliphatic rings. The maximum atomic E-state index is 5.15. The van der Waals surface area contributed by atoms with Crippen molar-refractivity contribution in [1.82, 2.24) is 0 Å². The van der Waals surface area contributed by atoms with Gasteiger partial charge in [-0.15, -0.1) is 0 Å². The minimum Gasteiger partial charge on any atom is -1.00 e. The molecule has 0 saturated carbocycles. The summed E-state index contributed by atoms with van der Waals surface area (Å²) >= 11 is -0.119. The summed E-state index contributed by atoms with van der Waals surface area (Å²) in [7, 11) is 3.38. The lowest BCUT2D eigenvalue weighted by atomic mass is 10.3. The van der Waals surface area contributed by atoms with Gasteiger partial charge in [-0.2, -0.15) is 0 Å². The Morgan fingerprint density at radius 2 is 1.00 bits per heavy atom. The van der Waals surface area contributed by atoms with Gasteiger partial charge in [-0.3, -0.25) is 0 Å². The van der Waals surface area contributed by atoms with Crippen molar-refractivity contribution in [2.75, 3.05) is 14.2 Å². The summed E-state index contributed by atoms with van der Waals surface area (Å²) in [6.45, 7) is 0. The molecule has 0 heterocycles. The molecule has 0 aromatic heterocycles. The molecule has 2 aromatic rings. The zero-order chi connectivity index (χ0) is 12.1. The van der Waals surface area contributed by atoms with Crippen LogP contribution in [0, 0.1) is 7.14 Å². The molecule has 96 valence electrons. The molecule has 0 spiro atoms. The fraction of sp³-hybridized carbons (Fsp3) is 0.143. The van der Waals surface area contributed by atoms with Gasteiger partial charge in [-0.1, -0.05) is 0 Å². The maximum Gasteiger partial charge on any atom is 0.357 e. The molecule has 0 saturated heterocycles. The summed E-state index contributed by atoms with van der Waals surface area (Å²) in [6.07, 6.45) is 0. The van der Waals surface area contributed by atoms with Gasteiger partial charge in [0.15, 0.2) is 7.14 Å². The molecule has 0 bridgehead atoms. The van der Waals surface area contributed by atoms with Gasteiger partial charge in [0.1, 0.15) is 11.5 Å². The molecular formula is C14H14BrIO2. The number of hydrogen-bond donors (Lipinski definition) is 0. The summed E-state index contributed by atoms with van der Waals surface area (Å²) in [5, 5.41) is 0. The molecule has 0 atom stereocenters. The van der Waals surface area contributed by atoms with E-state index in [2.05, 4.69) is 24.3 Å². The van der Waals surface area contributed by atoms with Crippen LogP contribution in [0.4, 0.5) is 0 Å². The summed E-state index contributed by atoms with van der Waals surface area (Å²) in [4.78, 5) is 0. The van der Waals surface area contributed by atoms with Crippen LogP contribution in [0.1, 0.15) is 0 Å².